The molecule has 21 heavy (non-hydrogen) atoms. The van der Waals surface area contributed by atoms with Gasteiger partial charge in [0.05, 0.1) is 5.02 Å². The minimum absolute atomic E-state index is 0.0949. The third-order valence-corrected chi connectivity index (χ3v) is 3.71. The molecule has 2 rings (SSSR count). The molecule has 0 radical (unpaired) electrons. The van der Waals surface area contributed by atoms with Crippen LogP contribution in [0.1, 0.15) is 36.2 Å². The van der Waals surface area contributed by atoms with Crippen LogP contribution in [0.25, 0.3) is 0 Å². The van der Waals surface area contributed by atoms with E-state index in [4.69, 9.17) is 16.7 Å². The second-order valence-corrected chi connectivity index (χ2v) is 5.36. The highest BCUT2D eigenvalue weighted by Gasteiger charge is 2.16. The molecule has 1 saturated heterocycles. The number of rotatable bonds is 5. The molecule has 1 aliphatic rings. The molecule has 1 aliphatic heterocycles. The highest BCUT2D eigenvalue weighted by atomic mass is 35.5. The molecule has 0 aliphatic carbocycles. The number of piperidine rings is 1. The zero-order valence-electron chi connectivity index (χ0n) is 11.6. The van der Waals surface area contributed by atoms with Crippen LogP contribution in [0, 0.1) is 0 Å². The molecule has 0 aromatic carbocycles. The van der Waals surface area contributed by atoms with E-state index in [-0.39, 0.29) is 16.6 Å². The Labute approximate surface area is 128 Å². The van der Waals surface area contributed by atoms with Gasteiger partial charge in [0, 0.05) is 26.1 Å². The summed E-state index contributed by atoms with van der Waals surface area (Å²) < 4.78 is 0. The summed E-state index contributed by atoms with van der Waals surface area (Å²) >= 11 is 5.75. The largest absolute Gasteiger partial charge is 0.476 e. The van der Waals surface area contributed by atoms with E-state index in [0.29, 0.717) is 18.8 Å². The second kappa shape index (κ2) is 7.26. The van der Waals surface area contributed by atoms with Crippen LogP contribution in [0.4, 0.5) is 5.82 Å². The molecule has 1 amide bonds. The van der Waals surface area contributed by atoms with Gasteiger partial charge in [-0.1, -0.05) is 11.6 Å². The molecule has 0 atom stereocenters. The number of anilines is 1. The average molecular weight is 312 g/mol. The molecular formula is C14H18ClN3O3. The molecule has 0 saturated carbocycles. The van der Waals surface area contributed by atoms with Crippen molar-refractivity contribution in [3.05, 3.63) is 22.8 Å². The fourth-order valence-corrected chi connectivity index (χ4v) is 2.48. The number of carbonyl (C=O) groups excluding carboxylic acids is 1. The lowest BCUT2D eigenvalue weighted by molar-refractivity contribution is -0.131. The Morgan fingerprint density at radius 2 is 2.00 bits per heavy atom. The van der Waals surface area contributed by atoms with Gasteiger partial charge >= 0.3 is 5.97 Å². The number of nitrogens with zero attached hydrogens (tertiary/aromatic N) is 2. The number of carboxylic acids is 1. The van der Waals surface area contributed by atoms with Crippen molar-refractivity contribution in [3.8, 4) is 0 Å². The lowest BCUT2D eigenvalue weighted by Gasteiger charge is -2.26. The number of likely N-dealkylation sites (tertiary alicyclic amines) is 1. The molecule has 0 spiro atoms. The quantitative estimate of drug-likeness (QED) is 0.871. The van der Waals surface area contributed by atoms with E-state index in [0.717, 1.165) is 25.9 Å². The molecular weight excluding hydrogens is 294 g/mol. The molecule has 2 N–H and O–H groups in total. The van der Waals surface area contributed by atoms with Crippen LogP contribution in [0.15, 0.2) is 12.1 Å². The lowest BCUT2D eigenvalue weighted by atomic mass is 10.1. The maximum atomic E-state index is 12.0. The van der Waals surface area contributed by atoms with Gasteiger partial charge in [-0.05, 0) is 31.4 Å². The Kier molecular flexibility index (Phi) is 5.38. The molecule has 0 unspecified atom stereocenters. The first-order chi connectivity index (χ1) is 10.1. The van der Waals surface area contributed by atoms with Crippen LogP contribution in [-0.4, -0.2) is 46.5 Å². The lowest BCUT2D eigenvalue weighted by Crippen LogP contribution is -2.36. The normalized spacial score (nSPS) is 14.8. The summed E-state index contributed by atoms with van der Waals surface area (Å²) in [7, 11) is 0. The summed E-state index contributed by atoms with van der Waals surface area (Å²) in [5, 5.41) is 12.0. The number of aromatic nitrogens is 1. The van der Waals surface area contributed by atoms with Crippen LogP contribution in [0.5, 0.6) is 0 Å². The van der Waals surface area contributed by atoms with Crippen LogP contribution < -0.4 is 5.32 Å². The van der Waals surface area contributed by atoms with Gasteiger partial charge in [-0.25, -0.2) is 9.78 Å². The van der Waals surface area contributed by atoms with E-state index in [1.54, 1.807) is 6.07 Å². The van der Waals surface area contributed by atoms with Gasteiger partial charge in [0.15, 0.2) is 5.69 Å². The van der Waals surface area contributed by atoms with Crippen molar-refractivity contribution in [2.45, 2.75) is 25.7 Å². The molecule has 6 nitrogen and oxygen atoms in total. The minimum atomic E-state index is -1.17. The van der Waals surface area contributed by atoms with Crippen molar-refractivity contribution in [1.29, 1.82) is 0 Å². The fourth-order valence-electron chi connectivity index (χ4n) is 2.29. The first-order valence-electron chi connectivity index (χ1n) is 6.99. The van der Waals surface area contributed by atoms with Crippen LogP contribution in [-0.2, 0) is 4.79 Å². The van der Waals surface area contributed by atoms with Crippen molar-refractivity contribution in [1.82, 2.24) is 9.88 Å². The third-order valence-electron chi connectivity index (χ3n) is 3.40. The number of carboxylic acid groups (broad SMARTS) is 1. The maximum Gasteiger partial charge on any atom is 0.356 e. The highest BCUT2D eigenvalue weighted by Crippen LogP contribution is 2.16. The molecule has 114 valence electrons. The predicted molar refractivity (Wildman–Crippen MR) is 79.7 cm³/mol. The van der Waals surface area contributed by atoms with Gasteiger partial charge in [-0.2, -0.15) is 0 Å². The standard InChI is InChI=1S/C14H18ClN3O3/c15-10-4-5-11(17-13(10)14(20)21)16-7-6-12(19)18-8-2-1-3-9-18/h4-5H,1-3,6-9H2,(H,16,17)(H,20,21). The Hall–Kier alpha value is -1.82. The SMILES string of the molecule is O=C(O)c1nc(NCCC(=O)N2CCCCC2)ccc1Cl. The van der Waals surface area contributed by atoms with Gasteiger partial charge in [-0.15, -0.1) is 0 Å². The van der Waals surface area contributed by atoms with E-state index in [1.165, 1.54) is 12.5 Å². The number of halogens is 1. The third kappa shape index (κ3) is 4.32. The summed E-state index contributed by atoms with van der Waals surface area (Å²) in [5.41, 5.74) is -0.191. The van der Waals surface area contributed by atoms with Gasteiger partial charge < -0.3 is 15.3 Å². The Bertz CT molecular complexity index is 530. The van der Waals surface area contributed by atoms with Gasteiger partial charge in [-0.3, -0.25) is 4.79 Å². The maximum absolute atomic E-state index is 12.0. The monoisotopic (exact) mass is 311 g/mol. The van der Waals surface area contributed by atoms with Gasteiger partial charge in [0.2, 0.25) is 5.91 Å². The summed E-state index contributed by atoms with van der Waals surface area (Å²) in [5.74, 6) is -0.647. The molecule has 0 bridgehead atoms. The van der Waals surface area contributed by atoms with E-state index < -0.39 is 5.97 Å². The number of hydrogen-bond acceptors (Lipinski definition) is 4. The number of nitrogens with one attached hydrogen (secondary N) is 1. The van der Waals surface area contributed by atoms with Crippen molar-refractivity contribution < 1.29 is 14.7 Å². The first kappa shape index (κ1) is 15.6. The van der Waals surface area contributed by atoms with Crippen molar-refractivity contribution >= 4 is 29.3 Å². The van der Waals surface area contributed by atoms with Crippen LogP contribution >= 0.6 is 11.6 Å². The van der Waals surface area contributed by atoms with Crippen LogP contribution in [0.2, 0.25) is 5.02 Å². The van der Waals surface area contributed by atoms with Crippen molar-refractivity contribution in [3.63, 3.8) is 0 Å². The Morgan fingerprint density at radius 1 is 1.29 bits per heavy atom. The Balaban J connectivity index is 1.84. The molecule has 7 heteroatoms. The summed E-state index contributed by atoms with van der Waals surface area (Å²) in [6.07, 6.45) is 3.70. The van der Waals surface area contributed by atoms with E-state index in [2.05, 4.69) is 10.3 Å². The van der Waals surface area contributed by atoms with E-state index in [1.807, 2.05) is 4.90 Å². The fraction of sp³-hybridized carbons (Fsp3) is 0.500. The van der Waals surface area contributed by atoms with E-state index >= 15 is 0 Å². The molecule has 1 aromatic heterocycles. The summed E-state index contributed by atoms with van der Waals surface area (Å²) in [6.45, 7) is 2.09. The zero-order valence-corrected chi connectivity index (χ0v) is 12.4. The van der Waals surface area contributed by atoms with E-state index in [9.17, 15) is 9.59 Å². The summed E-state index contributed by atoms with van der Waals surface area (Å²) in [6, 6.07) is 3.08. The number of amides is 1. The summed E-state index contributed by atoms with van der Waals surface area (Å²) in [4.78, 5) is 28.7. The number of aromatic carboxylic acids is 1. The number of hydrogen-bond donors (Lipinski definition) is 2. The molecule has 1 fully saturated rings. The zero-order chi connectivity index (χ0) is 15.2. The van der Waals surface area contributed by atoms with Gasteiger partial charge in [0.1, 0.15) is 5.82 Å². The highest BCUT2D eigenvalue weighted by molar-refractivity contribution is 6.33. The molecule has 2 heterocycles. The Morgan fingerprint density at radius 3 is 2.67 bits per heavy atom. The smallest absolute Gasteiger partial charge is 0.356 e. The average Bonchev–Trinajstić information content (AvgIpc) is 2.49. The van der Waals surface area contributed by atoms with Gasteiger partial charge in [0.25, 0.3) is 0 Å². The predicted octanol–water partition coefficient (Wildman–Crippen LogP) is 2.25. The molecule has 1 aromatic rings. The van der Waals surface area contributed by atoms with Crippen molar-refractivity contribution in [2.24, 2.45) is 0 Å². The second-order valence-electron chi connectivity index (χ2n) is 4.95. The minimum Gasteiger partial charge on any atom is -0.476 e. The van der Waals surface area contributed by atoms with Crippen LogP contribution in [0.3, 0.4) is 0 Å². The number of carbonyl (C=O) groups is 2. The number of pyridine rings is 1. The topological polar surface area (TPSA) is 82.5 Å². The first-order valence-corrected chi connectivity index (χ1v) is 7.37. The van der Waals surface area contributed by atoms with Crippen molar-refractivity contribution in [2.75, 3.05) is 25.0 Å².